The van der Waals surface area contributed by atoms with Crippen LogP contribution < -0.4 is 20.1 Å². The van der Waals surface area contributed by atoms with Crippen LogP contribution in [0.5, 0.6) is 11.6 Å². The number of fused-ring (bicyclic) bond motifs is 4. The molecule has 1 fully saturated rings. The molecule has 2 aliphatic heterocycles. The van der Waals surface area contributed by atoms with Gasteiger partial charge in [0.25, 0.3) is 0 Å². The number of cyclic esters (lactones) is 1. The summed E-state index contributed by atoms with van der Waals surface area (Å²) in [7, 11) is -4.38. The molecule has 3 unspecified atom stereocenters. The topological polar surface area (TPSA) is 202 Å². The summed E-state index contributed by atoms with van der Waals surface area (Å²) in [5.41, 5.74) is 4.35. The predicted octanol–water partition coefficient (Wildman–Crippen LogP) is 4.28. The van der Waals surface area contributed by atoms with Gasteiger partial charge in [-0.2, -0.15) is 15.1 Å². The van der Waals surface area contributed by atoms with Crippen LogP contribution in [0.15, 0.2) is 48.8 Å². The van der Waals surface area contributed by atoms with Crippen LogP contribution in [0.4, 0.5) is 5.95 Å². The monoisotopic (exact) mass is 698 g/mol. The Bertz CT molecular complexity index is 1860. The van der Waals surface area contributed by atoms with Gasteiger partial charge in [0.05, 0.1) is 26.1 Å². The van der Waals surface area contributed by atoms with E-state index >= 15 is 0 Å². The smallest absolute Gasteiger partial charge is 0.459 e. The fourth-order valence-electron chi connectivity index (χ4n) is 6.03. The molecule has 264 valence electrons. The lowest BCUT2D eigenvalue weighted by Gasteiger charge is -2.28. The number of nitrogens with zero attached hydrogens (tertiary/aromatic N) is 4. The maximum atomic E-state index is 14.5. The Morgan fingerprint density at radius 3 is 2.67 bits per heavy atom. The van der Waals surface area contributed by atoms with E-state index in [0.717, 1.165) is 31.1 Å². The van der Waals surface area contributed by atoms with Gasteiger partial charge in [0, 0.05) is 5.39 Å². The van der Waals surface area contributed by atoms with Crippen molar-refractivity contribution >= 4 is 41.6 Å². The molecule has 0 spiro atoms. The van der Waals surface area contributed by atoms with Crippen LogP contribution in [-0.2, 0) is 23.4 Å². The molecule has 2 aromatic heterocycles. The van der Waals surface area contributed by atoms with Gasteiger partial charge in [0.1, 0.15) is 29.6 Å². The number of aliphatic hydroxyl groups excluding tert-OH is 1. The highest BCUT2D eigenvalue weighted by molar-refractivity contribution is 7.52. The average Bonchev–Trinajstić information content (AvgIpc) is 3.57. The summed E-state index contributed by atoms with van der Waals surface area (Å²) in [5, 5.41) is 27.0. The molecule has 16 heteroatoms. The third kappa shape index (κ3) is 7.52. The highest BCUT2D eigenvalue weighted by atomic mass is 31.2. The Kier molecular flexibility index (Phi) is 9.86. The van der Waals surface area contributed by atoms with Crippen molar-refractivity contribution in [2.24, 2.45) is 5.41 Å². The van der Waals surface area contributed by atoms with Crippen LogP contribution >= 0.6 is 7.75 Å². The van der Waals surface area contributed by atoms with Gasteiger partial charge in [0.15, 0.2) is 17.4 Å². The van der Waals surface area contributed by atoms with E-state index in [9.17, 15) is 19.6 Å². The van der Waals surface area contributed by atoms with Crippen molar-refractivity contribution in [2.75, 3.05) is 25.6 Å². The van der Waals surface area contributed by atoms with Gasteiger partial charge in [-0.25, -0.2) is 9.55 Å². The quantitative estimate of drug-likeness (QED) is 0.171. The van der Waals surface area contributed by atoms with Gasteiger partial charge in [0.2, 0.25) is 11.8 Å². The van der Waals surface area contributed by atoms with Crippen molar-refractivity contribution in [3.05, 3.63) is 48.8 Å². The van der Waals surface area contributed by atoms with Crippen LogP contribution in [0.1, 0.15) is 59.6 Å². The van der Waals surface area contributed by atoms with E-state index in [1.54, 1.807) is 12.1 Å². The number of hydrogen-bond donors (Lipinski definition) is 4. The number of esters is 1. The zero-order valence-corrected chi connectivity index (χ0v) is 28.8. The summed E-state index contributed by atoms with van der Waals surface area (Å²) in [4.78, 5) is 26.1. The van der Waals surface area contributed by atoms with Crippen molar-refractivity contribution in [3.8, 4) is 11.6 Å². The van der Waals surface area contributed by atoms with Crippen LogP contribution in [0.25, 0.3) is 21.9 Å². The molecule has 49 heavy (non-hydrogen) atoms. The third-order valence-corrected chi connectivity index (χ3v) is 10.5. The molecule has 0 aliphatic carbocycles. The van der Waals surface area contributed by atoms with Gasteiger partial charge in [-0.15, -0.1) is 0 Å². The minimum atomic E-state index is -4.38. The first-order chi connectivity index (χ1) is 23.3. The number of benzene rings is 2. The Labute approximate surface area is 283 Å². The Morgan fingerprint density at radius 1 is 1.08 bits per heavy atom. The molecule has 1 saturated heterocycles. The number of carbonyl (C=O) groups is 1. The standard InChI is InChI=1S/C33H43N6O9P/c1-20-29(41)45-18-32(2,3)15-8-5-9-16-44-28-25-27(36-31(34)37-28)39(19-35-25)30-33(4,42)26(40)24(47-30)17-46-49(43,38-20)48-23-14-10-12-21-11-6-7-13-22(21)23/h6-7,10-14,19-20,24,26,30,40,42H,5,8-9,15-18H2,1-4H3,(H,38,43)(H2,34,36,37)/t20-,24?,26+,30?,33+,49?/m0/s1. The molecular weight excluding hydrogens is 655 g/mol. The van der Waals surface area contributed by atoms with Gasteiger partial charge in [-0.05, 0) is 43.6 Å². The molecule has 2 aromatic carbocycles. The number of aromatic nitrogens is 4. The van der Waals surface area contributed by atoms with Crippen molar-refractivity contribution in [3.63, 3.8) is 0 Å². The molecule has 0 saturated carbocycles. The predicted molar refractivity (Wildman–Crippen MR) is 180 cm³/mol. The Balaban J connectivity index is 1.33. The number of carbonyl (C=O) groups excluding carboxylic acids is 1. The second kappa shape index (κ2) is 13.8. The number of rotatable bonds is 2. The number of nitrogen functional groups attached to an aromatic ring is 1. The highest BCUT2D eigenvalue weighted by Gasteiger charge is 2.54. The zero-order chi connectivity index (χ0) is 35.0. The molecule has 5 N–H and O–H groups in total. The van der Waals surface area contributed by atoms with Crippen LogP contribution in [0.3, 0.4) is 0 Å². The van der Waals surface area contributed by atoms with Crippen molar-refractivity contribution in [1.82, 2.24) is 24.6 Å². The van der Waals surface area contributed by atoms with Gasteiger partial charge in [-0.1, -0.05) is 63.1 Å². The Hall–Kier alpha value is -3.85. The number of ether oxygens (including phenoxy) is 3. The first-order valence-electron chi connectivity index (χ1n) is 16.3. The van der Waals surface area contributed by atoms with E-state index in [4.69, 9.17) is 29.0 Å². The number of nitrogens with two attached hydrogens (primary N) is 1. The molecular formula is C33H43N6O9P. The number of imidazole rings is 1. The van der Waals surface area contributed by atoms with E-state index in [2.05, 4.69) is 20.0 Å². The third-order valence-electron chi connectivity index (χ3n) is 8.84. The van der Waals surface area contributed by atoms with E-state index in [1.807, 2.05) is 44.2 Å². The average molecular weight is 699 g/mol. The zero-order valence-electron chi connectivity index (χ0n) is 27.9. The summed E-state index contributed by atoms with van der Waals surface area (Å²) in [6, 6.07) is 11.5. The maximum Gasteiger partial charge on any atom is 0.459 e. The summed E-state index contributed by atoms with van der Waals surface area (Å²) in [6.45, 7) is 6.91. The van der Waals surface area contributed by atoms with Crippen LogP contribution in [0.2, 0.25) is 0 Å². The molecule has 2 aliphatic rings. The molecule has 0 radical (unpaired) electrons. The largest absolute Gasteiger partial charge is 0.476 e. The summed E-state index contributed by atoms with van der Waals surface area (Å²) >= 11 is 0. The molecule has 6 atom stereocenters. The lowest BCUT2D eigenvalue weighted by molar-refractivity contribution is -0.148. The fourth-order valence-corrected chi connectivity index (χ4v) is 7.55. The molecule has 6 bridgehead atoms. The van der Waals surface area contributed by atoms with Crippen LogP contribution in [0, 0.1) is 5.41 Å². The van der Waals surface area contributed by atoms with Crippen molar-refractivity contribution in [2.45, 2.75) is 83.5 Å². The number of nitrogens with one attached hydrogen (secondary N) is 1. The van der Waals surface area contributed by atoms with E-state index in [1.165, 1.54) is 24.7 Å². The summed E-state index contributed by atoms with van der Waals surface area (Å²) in [6.07, 6.45) is 0.652. The second-order valence-electron chi connectivity index (χ2n) is 13.6. The van der Waals surface area contributed by atoms with Crippen molar-refractivity contribution in [1.29, 1.82) is 0 Å². The van der Waals surface area contributed by atoms with E-state index < -0.39 is 50.4 Å². The van der Waals surface area contributed by atoms with Crippen LogP contribution in [-0.4, -0.2) is 79.4 Å². The van der Waals surface area contributed by atoms with E-state index in [-0.39, 0.29) is 35.2 Å². The lowest BCUT2D eigenvalue weighted by atomic mass is 9.88. The first kappa shape index (κ1) is 35.0. The number of anilines is 1. The normalized spacial score (nSPS) is 30.3. The number of hydrogen-bond acceptors (Lipinski definition) is 13. The molecule has 6 rings (SSSR count). The Morgan fingerprint density at radius 2 is 1.86 bits per heavy atom. The summed E-state index contributed by atoms with van der Waals surface area (Å²) < 4.78 is 45.6. The maximum absolute atomic E-state index is 14.5. The second-order valence-corrected chi connectivity index (χ2v) is 15.2. The van der Waals surface area contributed by atoms with Gasteiger partial charge in [-0.3, -0.25) is 13.9 Å². The lowest BCUT2D eigenvalue weighted by Crippen LogP contribution is -2.44. The molecule has 4 aromatic rings. The molecule has 15 nitrogen and oxygen atoms in total. The molecule has 0 amide bonds. The minimum Gasteiger partial charge on any atom is -0.476 e. The fraction of sp³-hybridized carbons (Fsp3) is 0.515. The first-order valence-corrected chi connectivity index (χ1v) is 17.9. The number of aliphatic hydroxyl groups is 2. The highest BCUT2D eigenvalue weighted by Crippen LogP contribution is 2.48. The van der Waals surface area contributed by atoms with Crippen molar-refractivity contribution < 1.29 is 42.8 Å². The SMILES string of the molecule is C[C@@H]1NP(=O)(Oc2cccc3ccccc23)OCC2OC(n3cnc4c(nc(N)nc43)OCCCCCC(C)(C)COC1=O)[C@](C)(O)[C@@H]2O. The van der Waals surface area contributed by atoms with Gasteiger partial charge >= 0.3 is 13.7 Å². The van der Waals surface area contributed by atoms with Gasteiger partial charge < -0.3 is 34.7 Å². The molecule has 4 heterocycles. The van der Waals surface area contributed by atoms with E-state index in [0.29, 0.717) is 17.5 Å². The minimum absolute atomic E-state index is 0.0696. The summed E-state index contributed by atoms with van der Waals surface area (Å²) in [5.74, 6) is -0.283.